The van der Waals surface area contributed by atoms with Gasteiger partial charge >= 0.3 is 11.9 Å². The van der Waals surface area contributed by atoms with E-state index in [9.17, 15) is 34.5 Å². The number of aromatic amines is 1. The van der Waals surface area contributed by atoms with Crippen molar-refractivity contribution < 1.29 is 34.5 Å². The Morgan fingerprint density at radius 1 is 1.00 bits per heavy atom. The fourth-order valence-corrected chi connectivity index (χ4v) is 7.79. The third-order valence-corrected chi connectivity index (χ3v) is 10.6. The van der Waals surface area contributed by atoms with Crippen molar-refractivity contribution in [1.29, 1.82) is 0 Å². The van der Waals surface area contributed by atoms with Crippen molar-refractivity contribution in [3.8, 4) is 0 Å². The molecule has 7 N–H and O–H groups in total. The van der Waals surface area contributed by atoms with Crippen LogP contribution < -0.4 is 16.0 Å². The Labute approximate surface area is 266 Å². The molecular weight excluding hydrogens is 596 g/mol. The van der Waals surface area contributed by atoms with Gasteiger partial charge in [-0.05, 0) is 85.4 Å². The summed E-state index contributed by atoms with van der Waals surface area (Å²) in [4.78, 5) is 51.6. The molecule has 2 saturated heterocycles. The molecule has 0 aromatic carbocycles. The highest BCUT2D eigenvalue weighted by atomic mass is 32.2. The molecular formula is C33H41N4O7S+. The fraction of sp³-hybridized carbons (Fsp3) is 0.455. The molecule has 5 rings (SSSR count). The highest BCUT2D eigenvalue weighted by Crippen LogP contribution is 2.39. The van der Waals surface area contributed by atoms with Crippen LogP contribution in [-0.4, -0.2) is 73.2 Å². The topological polar surface area (TPSA) is 181 Å². The van der Waals surface area contributed by atoms with Gasteiger partial charge in [-0.1, -0.05) is 19.6 Å². The van der Waals surface area contributed by atoms with Gasteiger partial charge in [0.2, 0.25) is 5.91 Å². The van der Waals surface area contributed by atoms with Crippen LogP contribution in [0.25, 0.3) is 12.2 Å². The van der Waals surface area contributed by atoms with Gasteiger partial charge < -0.3 is 36.3 Å². The van der Waals surface area contributed by atoms with E-state index in [1.165, 1.54) is 17.8 Å². The zero-order valence-electron chi connectivity index (χ0n) is 25.9. The normalized spacial score (nSPS) is 28.5. The number of amides is 2. The Balaban J connectivity index is 1.54. The molecule has 240 valence electrons. The zero-order chi connectivity index (χ0) is 32.7. The molecule has 6 atom stereocenters. The van der Waals surface area contributed by atoms with Gasteiger partial charge in [-0.2, -0.15) is 0 Å². The summed E-state index contributed by atoms with van der Waals surface area (Å²) in [6.07, 6.45) is 4.47. The number of carboxylic acids is 2. The van der Waals surface area contributed by atoms with E-state index in [1.54, 1.807) is 6.92 Å². The third kappa shape index (κ3) is 6.39. The van der Waals surface area contributed by atoms with Gasteiger partial charge in [0.05, 0.1) is 18.0 Å². The lowest BCUT2D eigenvalue weighted by atomic mass is 9.91. The van der Waals surface area contributed by atoms with E-state index in [4.69, 9.17) is 0 Å². The fourth-order valence-electron chi connectivity index (χ4n) is 6.79. The van der Waals surface area contributed by atoms with Crippen molar-refractivity contribution in [3.05, 3.63) is 68.9 Å². The van der Waals surface area contributed by atoms with E-state index in [0.717, 1.165) is 39.4 Å². The van der Waals surface area contributed by atoms with Crippen LogP contribution in [0.3, 0.4) is 0 Å². The maximum Gasteiger partial charge on any atom is 0.303 e. The number of hydrogen-bond donors (Lipinski definition) is 7. The number of H-pyrrole nitrogens is 1. The summed E-state index contributed by atoms with van der Waals surface area (Å²) in [5, 5.41) is 40.1. The number of carbonyl (C=O) groups excluding carboxylic acids is 2. The molecule has 0 bridgehead atoms. The first-order valence-corrected chi connectivity index (χ1v) is 16.3. The monoisotopic (exact) mass is 637 g/mol. The molecule has 4 aliphatic rings. The van der Waals surface area contributed by atoms with Crippen molar-refractivity contribution in [2.75, 3.05) is 5.75 Å². The molecule has 1 unspecified atom stereocenters. The summed E-state index contributed by atoms with van der Waals surface area (Å²) in [6.45, 7) is 11.2. The molecule has 45 heavy (non-hydrogen) atoms. The molecule has 1 aromatic rings. The molecule has 1 aromatic heterocycles. The van der Waals surface area contributed by atoms with Crippen molar-refractivity contribution in [2.45, 2.75) is 76.8 Å². The Bertz CT molecular complexity index is 1600. The summed E-state index contributed by atoms with van der Waals surface area (Å²) in [5.74, 6) is -1.16. The van der Waals surface area contributed by atoms with Crippen LogP contribution in [-0.2, 0) is 37.4 Å². The molecule has 0 aliphatic carbocycles. The molecule has 2 fully saturated rings. The zero-order valence-corrected chi connectivity index (χ0v) is 26.8. The number of aromatic nitrogens is 1. The maximum absolute atomic E-state index is 12.6. The quantitative estimate of drug-likeness (QED) is 0.103. The van der Waals surface area contributed by atoms with Crippen LogP contribution in [0.4, 0.5) is 0 Å². The second-order valence-electron chi connectivity index (χ2n) is 12.3. The summed E-state index contributed by atoms with van der Waals surface area (Å²) >= 11 is 1.33. The van der Waals surface area contributed by atoms with E-state index < -0.39 is 30.1 Å². The van der Waals surface area contributed by atoms with E-state index >= 15 is 0 Å². The first-order valence-electron chi connectivity index (χ1n) is 15.2. The van der Waals surface area contributed by atoms with Crippen LogP contribution in [0, 0.1) is 18.8 Å². The summed E-state index contributed by atoms with van der Waals surface area (Å²) in [6, 6.07) is -1.27. The average Bonchev–Trinajstić information content (AvgIpc) is 3.53. The van der Waals surface area contributed by atoms with Crippen LogP contribution in [0.5, 0.6) is 0 Å². The summed E-state index contributed by atoms with van der Waals surface area (Å²) in [5.41, 5.74) is 7.15. The number of nitrogens with one attached hydrogen (secondary N) is 4. The van der Waals surface area contributed by atoms with Crippen LogP contribution >= 0.6 is 0 Å². The van der Waals surface area contributed by atoms with Gasteiger partial charge in [-0.25, -0.2) is 0 Å². The highest BCUT2D eigenvalue weighted by Gasteiger charge is 2.52. The largest absolute Gasteiger partial charge is 0.481 e. The smallest absolute Gasteiger partial charge is 0.303 e. The number of carbonyl (C=O) groups is 4. The van der Waals surface area contributed by atoms with Gasteiger partial charge in [-0.3, -0.25) is 19.2 Å². The Morgan fingerprint density at radius 3 is 2.24 bits per heavy atom. The number of aliphatic hydroxyl groups excluding tert-OH is 1. The molecule has 11 nitrogen and oxygen atoms in total. The standard InChI is InChI=1S/C33H40N4O7S/c1-6-18-15(3)30(37-33(18)44)31(42)29-16(4)20(8-10-27(40)41)23(35-29)12-22-19(7-9-26(38)39)14(2)21(34-22)11-24-28(25-13-45-25)17(5)32(43)36-24/h6,11-12,17,25,28-31,34-35,42H,1,7-10,13H2,2-5H3,(H,36,43)(H,37,44)(H,38,39)(H,40,41)/p+1/b23-12+,24-11-/t17-,25+,28-,29?,30+,31-/m1/s1. The van der Waals surface area contributed by atoms with E-state index in [0.29, 0.717) is 27.8 Å². The van der Waals surface area contributed by atoms with Crippen molar-refractivity contribution in [1.82, 2.24) is 20.9 Å². The van der Waals surface area contributed by atoms with Crippen LogP contribution in [0.2, 0.25) is 0 Å². The van der Waals surface area contributed by atoms with E-state index in [1.807, 2.05) is 32.9 Å². The predicted molar refractivity (Wildman–Crippen MR) is 173 cm³/mol. The number of aliphatic hydroxyl groups is 1. The minimum Gasteiger partial charge on any atom is -0.481 e. The first kappa shape index (κ1) is 32.4. The van der Waals surface area contributed by atoms with Crippen molar-refractivity contribution in [3.63, 3.8) is 0 Å². The Kier molecular flexibility index (Phi) is 9.18. The minimum absolute atomic E-state index is 0.00168. The minimum atomic E-state index is -1.05. The molecule has 4 aliphatic heterocycles. The number of thiol groups is 1. The van der Waals surface area contributed by atoms with Crippen LogP contribution in [0.15, 0.2) is 46.3 Å². The number of aliphatic carboxylic acids is 2. The van der Waals surface area contributed by atoms with Gasteiger partial charge in [0.15, 0.2) is 11.0 Å². The predicted octanol–water partition coefficient (Wildman–Crippen LogP) is 2.12. The van der Waals surface area contributed by atoms with E-state index in [-0.39, 0.29) is 49.3 Å². The lowest BCUT2D eigenvalue weighted by molar-refractivity contribution is -0.138. The number of rotatable bonds is 12. The van der Waals surface area contributed by atoms with Crippen molar-refractivity contribution in [2.24, 2.45) is 11.8 Å². The molecule has 2 amide bonds. The second kappa shape index (κ2) is 12.8. The third-order valence-electron chi connectivity index (χ3n) is 9.49. The molecule has 0 saturated carbocycles. The molecule has 12 heteroatoms. The van der Waals surface area contributed by atoms with E-state index in [2.05, 4.69) is 27.5 Å². The van der Waals surface area contributed by atoms with Gasteiger partial charge in [0.25, 0.3) is 5.91 Å². The van der Waals surface area contributed by atoms with Gasteiger partial charge in [-0.15, -0.1) is 0 Å². The number of hydrogen-bond acceptors (Lipinski definition) is 6. The van der Waals surface area contributed by atoms with Gasteiger partial charge in [0.1, 0.15) is 6.10 Å². The number of allylic oxidation sites excluding steroid dienone is 2. The lowest BCUT2D eigenvalue weighted by Crippen LogP contribution is -2.49. The summed E-state index contributed by atoms with van der Waals surface area (Å²) < 4.78 is 0. The highest BCUT2D eigenvalue weighted by molar-refractivity contribution is 7.86. The second-order valence-corrected chi connectivity index (χ2v) is 13.7. The number of carboxylic acid groups (broad SMARTS) is 2. The van der Waals surface area contributed by atoms with Gasteiger partial charge in [0, 0.05) is 47.1 Å². The molecule has 5 heterocycles. The SMILES string of the molecule is C=CC1=C(C)[C@@H]([C@H](O)C2N/C(=C/c3[nH]c(/C=C4\NC(=O)[C@H](C)[C@H]4[C@@H]4C[SH+]4)c(C)c3CCC(=O)O)C(CCC(=O)O)=C2C)NC1=O. The Hall–Kier alpha value is -4.03. The molecule has 0 radical (unpaired) electrons. The summed E-state index contributed by atoms with van der Waals surface area (Å²) in [7, 11) is 0. The lowest BCUT2D eigenvalue weighted by Gasteiger charge is -2.27. The first-order chi connectivity index (χ1) is 21.3. The Morgan fingerprint density at radius 2 is 1.64 bits per heavy atom. The average molecular weight is 638 g/mol. The molecule has 0 spiro atoms. The van der Waals surface area contributed by atoms with Crippen molar-refractivity contribution >= 4 is 47.7 Å². The van der Waals surface area contributed by atoms with Crippen LogP contribution in [0.1, 0.15) is 62.5 Å². The maximum atomic E-state index is 12.6.